The summed E-state index contributed by atoms with van der Waals surface area (Å²) in [6.07, 6.45) is 7.35. The Balaban J connectivity index is 1.51. The van der Waals surface area contributed by atoms with Crippen LogP contribution >= 0.6 is 11.3 Å². The molecule has 2 heterocycles. The molecule has 1 aliphatic carbocycles. The number of amides is 1. The van der Waals surface area contributed by atoms with Crippen molar-refractivity contribution < 1.29 is 4.79 Å². The Hall–Kier alpha value is -1.81. The molecular weight excluding hydrogens is 328 g/mol. The maximum atomic E-state index is 12.9. The molecule has 0 saturated carbocycles. The molecule has 1 saturated heterocycles. The van der Waals surface area contributed by atoms with E-state index in [4.69, 9.17) is 0 Å². The molecule has 132 valence electrons. The molecule has 0 radical (unpaired) electrons. The van der Waals surface area contributed by atoms with Crippen molar-refractivity contribution in [1.82, 2.24) is 4.90 Å². The predicted molar refractivity (Wildman–Crippen MR) is 105 cm³/mol. The first kappa shape index (κ1) is 16.6. The number of para-hydroxylation sites is 1. The second kappa shape index (κ2) is 7.20. The Morgan fingerprint density at radius 3 is 2.68 bits per heavy atom. The average molecular weight is 355 g/mol. The van der Waals surface area contributed by atoms with Gasteiger partial charge in [-0.2, -0.15) is 0 Å². The first-order chi connectivity index (χ1) is 12.2. The highest BCUT2D eigenvalue weighted by atomic mass is 32.1. The summed E-state index contributed by atoms with van der Waals surface area (Å²) in [5.74, 6) is 0.163. The average Bonchev–Trinajstić information content (AvgIpc) is 3.31. The fourth-order valence-corrected chi connectivity index (χ4v) is 5.27. The van der Waals surface area contributed by atoms with Crippen LogP contribution in [0.4, 0.5) is 5.69 Å². The van der Waals surface area contributed by atoms with Crippen molar-refractivity contribution in [2.75, 3.05) is 25.0 Å². The molecule has 0 atom stereocenters. The summed E-state index contributed by atoms with van der Waals surface area (Å²) in [5.41, 5.74) is 3.96. The van der Waals surface area contributed by atoms with E-state index in [1.54, 1.807) is 11.3 Å². The second-order valence-corrected chi connectivity index (χ2v) is 8.39. The maximum Gasteiger partial charge on any atom is 0.263 e. The molecular formula is C21H26N2OS. The second-order valence-electron chi connectivity index (χ2n) is 7.25. The molecule has 0 spiro atoms. The van der Waals surface area contributed by atoms with Crippen molar-refractivity contribution in [3.63, 3.8) is 0 Å². The Bertz CT molecular complexity index is 738. The van der Waals surface area contributed by atoms with E-state index >= 15 is 0 Å². The number of carbonyl (C=O) groups excluding carboxylic acids is 1. The molecule has 1 aliphatic heterocycles. The molecule has 4 rings (SSSR count). The molecule has 1 fully saturated rings. The van der Waals surface area contributed by atoms with E-state index in [0.29, 0.717) is 6.54 Å². The van der Waals surface area contributed by atoms with Gasteiger partial charge < -0.3 is 9.80 Å². The minimum Gasteiger partial charge on any atom is -0.371 e. The zero-order chi connectivity index (χ0) is 17.2. The zero-order valence-electron chi connectivity index (χ0n) is 15.0. The Kier molecular flexibility index (Phi) is 4.80. The lowest BCUT2D eigenvalue weighted by atomic mass is 9.99. The molecule has 0 unspecified atom stereocenters. The van der Waals surface area contributed by atoms with E-state index < -0.39 is 0 Å². The highest BCUT2D eigenvalue weighted by Crippen LogP contribution is 2.31. The summed E-state index contributed by atoms with van der Waals surface area (Å²) < 4.78 is 0. The Morgan fingerprint density at radius 1 is 1.12 bits per heavy atom. The number of benzene rings is 1. The molecule has 0 N–H and O–H groups in total. The van der Waals surface area contributed by atoms with Gasteiger partial charge in [0.25, 0.3) is 5.91 Å². The number of nitrogens with zero attached hydrogens (tertiary/aromatic N) is 2. The Morgan fingerprint density at radius 2 is 1.88 bits per heavy atom. The summed E-state index contributed by atoms with van der Waals surface area (Å²) in [5, 5.41) is 0. The van der Waals surface area contributed by atoms with Crippen LogP contribution in [0, 0.1) is 0 Å². The number of rotatable bonds is 4. The van der Waals surface area contributed by atoms with Gasteiger partial charge in [-0.25, -0.2) is 0 Å². The third kappa shape index (κ3) is 3.45. The van der Waals surface area contributed by atoms with Crippen LogP contribution in [0.25, 0.3) is 0 Å². The van der Waals surface area contributed by atoms with Crippen LogP contribution < -0.4 is 4.90 Å². The number of anilines is 1. The van der Waals surface area contributed by atoms with E-state index in [1.165, 1.54) is 47.4 Å². The number of thiophene rings is 1. The van der Waals surface area contributed by atoms with Crippen LogP contribution in [-0.4, -0.2) is 30.9 Å². The number of carbonyl (C=O) groups is 1. The fraction of sp³-hybridized carbons (Fsp3) is 0.476. The zero-order valence-corrected chi connectivity index (χ0v) is 15.8. The number of fused-ring (bicyclic) bond motifs is 1. The molecule has 3 nitrogen and oxygen atoms in total. The first-order valence-electron chi connectivity index (χ1n) is 9.42. The van der Waals surface area contributed by atoms with Crippen molar-refractivity contribution in [3.05, 3.63) is 51.2 Å². The lowest BCUT2D eigenvalue weighted by Gasteiger charge is -2.24. The molecule has 1 aromatic heterocycles. The van der Waals surface area contributed by atoms with Crippen LogP contribution in [-0.2, 0) is 19.4 Å². The summed E-state index contributed by atoms with van der Waals surface area (Å²) in [7, 11) is 1.93. The summed E-state index contributed by atoms with van der Waals surface area (Å²) in [6, 6.07) is 10.7. The lowest BCUT2D eigenvalue weighted by molar-refractivity contribution is 0.0790. The normalized spacial score (nSPS) is 16.8. The van der Waals surface area contributed by atoms with E-state index in [9.17, 15) is 4.79 Å². The first-order valence-corrected chi connectivity index (χ1v) is 10.2. The molecule has 1 aromatic carbocycles. The van der Waals surface area contributed by atoms with Gasteiger partial charge in [0, 0.05) is 37.2 Å². The number of aryl methyl sites for hydroxylation is 2. The van der Waals surface area contributed by atoms with E-state index in [0.717, 1.165) is 30.8 Å². The van der Waals surface area contributed by atoms with Gasteiger partial charge in [0.15, 0.2) is 0 Å². The number of hydrogen-bond donors (Lipinski definition) is 0. The van der Waals surface area contributed by atoms with Crippen LogP contribution in [0.3, 0.4) is 0 Å². The predicted octanol–water partition coefficient (Wildman–Crippen LogP) is 4.50. The third-order valence-electron chi connectivity index (χ3n) is 5.40. The topological polar surface area (TPSA) is 23.6 Å². The molecule has 4 heteroatoms. The molecule has 2 aliphatic rings. The van der Waals surface area contributed by atoms with Gasteiger partial charge in [0.2, 0.25) is 0 Å². The molecule has 2 aromatic rings. The van der Waals surface area contributed by atoms with E-state index in [2.05, 4.69) is 35.2 Å². The largest absolute Gasteiger partial charge is 0.371 e. The molecule has 1 amide bonds. The van der Waals surface area contributed by atoms with Crippen molar-refractivity contribution in [2.24, 2.45) is 0 Å². The van der Waals surface area contributed by atoms with Gasteiger partial charge in [0.05, 0.1) is 4.88 Å². The molecule has 0 bridgehead atoms. The molecule has 25 heavy (non-hydrogen) atoms. The minimum atomic E-state index is 0.163. The highest BCUT2D eigenvalue weighted by molar-refractivity contribution is 7.14. The maximum absolute atomic E-state index is 12.9. The van der Waals surface area contributed by atoms with Crippen LogP contribution in [0.15, 0.2) is 30.3 Å². The van der Waals surface area contributed by atoms with Crippen LogP contribution in [0.2, 0.25) is 0 Å². The monoisotopic (exact) mass is 354 g/mol. The van der Waals surface area contributed by atoms with Crippen molar-refractivity contribution in [2.45, 2.75) is 45.1 Å². The van der Waals surface area contributed by atoms with Gasteiger partial charge >= 0.3 is 0 Å². The summed E-state index contributed by atoms with van der Waals surface area (Å²) in [6.45, 7) is 2.94. The van der Waals surface area contributed by atoms with Gasteiger partial charge in [-0.1, -0.05) is 18.2 Å². The van der Waals surface area contributed by atoms with Crippen molar-refractivity contribution in [1.29, 1.82) is 0 Å². The van der Waals surface area contributed by atoms with E-state index in [1.807, 2.05) is 11.9 Å². The quantitative estimate of drug-likeness (QED) is 0.807. The smallest absolute Gasteiger partial charge is 0.263 e. The highest BCUT2D eigenvalue weighted by Gasteiger charge is 2.21. The van der Waals surface area contributed by atoms with Gasteiger partial charge in [-0.15, -0.1) is 11.3 Å². The Labute approximate surface area is 154 Å². The van der Waals surface area contributed by atoms with E-state index in [-0.39, 0.29) is 5.91 Å². The third-order valence-corrected chi connectivity index (χ3v) is 6.63. The minimum absolute atomic E-state index is 0.163. The standard InChI is InChI=1S/C21H26N2OS/c1-22(21(24)20-14-16-8-3-5-11-19(16)25-20)15-17-9-2-4-10-18(17)23-12-6-7-13-23/h2,4,9-10,14H,3,5-8,11-13,15H2,1H3. The summed E-state index contributed by atoms with van der Waals surface area (Å²) in [4.78, 5) is 19.6. The van der Waals surface area contributed by atoms with Crippen LogP contribution in [0.1, 0.15) is 51.4 Å². The van der Waals surface area contributed by atoms with Crippen molar-refractivity contribution in [3.8, 4) is 0 Å². The lowest BCUT2D eigenvalue weighted by Crippen LogP contribution is -2.27. The van der Waals surface area contributed by atoms with Gasteiger partial charge in [0.1, 0.15) is 0 Å². The SMILES string of the molecule is CN(Cc1ccccc1N1CCCC1)C(=O)c1cc2c(s1)CCCC2. The van der Waals surface area contributed by atoms with Gasteiger partial charge in [-0.3, -0.25) is 4.79 Å². The summed E-state index contributed by atoms with van der Waals surface area (Å²) >= 11 is 1.71. The fourth-order valence-electron chi connectivity index (χ4n) is 4.02. The van der Waals surface area contributed by atoms with Crippen LogP contribution in [0.5, 0.6) is 0 Å². The van der Waals surface area contributed by atoms with Gasteiger partial charge in [-0.05, 0) is 61.8 Å². The van der Waals surface area contributed by atoms with Crippen molar-refractivity contribution >= 4 is 22.9 Å². The number of hydrogen-bond acceptors (Lipinski definition) is 3.